The van der Waals surface area contributed by atoms with E-state index in [1.807, 2.05) is 0 Å². The first-order chi connectivity index (χ1) is 14.5. The first-order valence-electron chi connectivity index (χ1n) is 11.0. The average molecular weight is 439 g/mol. The second kappa shape index (κ2) is 17.5. The third-order valence-corrected chi connectivity index (χ3v) is 4.94. The van der Waals surface area contributed by atoms with Crippen LogP contribution in [0, 0.1) is 0 Å². The minimum Gasteiger partial charge on any atom is -0.350 e. The van der Waals surface area contributed by atoms with E-state index in [1.54, 1.807) is 0 Å². The van der Waals surface area contributed by atoms with Crippen LogP contribution in [0.15, 0.2) is 60.8 Å². The zero-order valence-corrected chi connectivity index (χ0v) is 19.4. The van der Waals surface area contributed by atoms with Crippen molar-refractivity contribution in [3.63, 3.8) is 0 Å². The van der Waals surface area contributed by atoms with Crippen molar-refractivity contribution in [3.8, 4) is 0 Å². The number of allylic oxidation sites excluding steroid dienone is 10. The molecule has 0 aromatic heterocycles. The Kier molecular flexibility index (Phi) is 15.6. The molecule has 0 amide bonds. The number of unbranched alkanes of at least 4 members (excludes halogenated alkanes) is 1. The number of hydrogen-bond donors (Lipinski definition) is 1. The standard InChI is InChI=1S/C24H39O5P/c1-3-4-5-6-7-8-9-10-11-12-13-14-15-16-17-18-19-20-24-27-21-23(22-28-24)29-30(2,25)26/h4-5,7-8,10-11,13-14,16-17,23-24H,3,6,9,12,15,18-22H2,1-2H3,(H,25,26)/b5-4-,8-7-,11-10-,14-13-,17-16-/t23-,24+. The van der Waals surface area contributed by atoms with E-state index >= 15 is 0 Å². The first-order valence-corrected chi connectivity index (χ1v) is 13.0. The van der Waals surface area contributed by atoms with Gasteiger partial charge >= 0.3 is 7.60 Å². The maximum absolute atomic E-state index is 11.2. The highest BCUT2D eigenvalue weighted by atomic mass is 31.2. The normalized spacial score (nSPS) is 22.9. The maximum Gasteiger partial charge on any atom is 0.325 e. The van der Waals surface area contributed by atoms with Gasteiger partial charge in [-0.3, -0.25) is 4.57 Å². The smallest absolute Gasteiger partial charge is 0.325 e. The molecule has 0 bridgehead atoms. The highest BCUT2D eigenvalue weighted by Crippen LogP contribution is 2.39. The van der Waals surface area contributed by atoms with E-state index in [2.05, 4.69) is 67.7 Å². The Labute approximate surface area is 182 Å². The molecule has 0 saturated carbocycles. The van der Waals surface area contributed by atoms with E-state index in [9.17, 15) is 9.46 Å². The van der Waals surface area contributed by atoms with Crippen LogP contribution in [0.4, 0.5) is 0 Å². The summed E-state index contributed by atoms with van der Waals surface area (Å²) in [6, 6.07) is 0. The third kappa shape index (κ3) is 16.6. The molecule has 0 radical (unpaired) electrons. The van der Waals surface area contributed by atoms with E-state index in [0.29, 0.717) is 13.2 Å². The maximum atomic E-state index is 11.2. The Morgan fingerprint density at radius 2 is 1.33 bits per heavy atom. The van der Waals surface area contributed by atoms with Gasteiger partial charge in [-0.1, -0.05) is 67.7 Å². The molecule has 1 rings (SSSR count). The fourth-order valence-corrected chi connectivity index (χ4v) is 3.48. The Morgan fingerprint density at radius 3 is 1.80 bits per heavy atom. The molecule has 170 valence electrons. The van der Waals surface area contributed by atoms with Gasteiger partial charge in [0, 0.05) is 6.66 Å². The van der Waals surface area contributed by atoms with Crippen LogP contribution >= 0.6 is 7.60 Å². The van der Waals surface area contributed by atoms with Crippen molar-refractivity contribution in [2.45, 2.75) is 70.7 Å². The molecule has 1 aliphatic heterocycles. The molecule has 1 atom stereocenters. The molecule has 6 heteroatoms. The molecule has 1 aliphatic rings. The Balaban J connectivity index is 1.96. The van der Waals surface area contributed by atoms with Crippen LogP contribution in [0.5, 0.6) is 0 Å². The molecular weight excluding hydrogens is 399 g/mol. The largest absolute Gasteiger partial charge is 0.350 e. The van der Waals surface area contributed by atoms with Gasteiger partial charge in [0.15, 0.2) is 6.29 Å². The van der Waals surface area contributed by atoms with Crippen molar-refractivity contribution in [3.05, 3.63) is 60.8 Å². The molecule has 0 aliphatic carbocycles. The van der Waals surface area contributed by atoms with Crippen molar-refractivity contribution in [2.24, 2.45) is 0 Å². The Morgan fingerprint density at radius 1 is 0.867 bits per heavy atom. The van der Waals surface area contributed by atoms with Gasteiger partial charge in [0.2, 0.25) is 0 Å². The van der Waals surface area contributed by atoms with E-state index in [0.717, 1.165) is 51.4 Å². The summed E-state index contributed by atoms with van der Waals surface area (Å²) in [6.07, 6.45) is 29.1. The lowest BCUT2D eigenvalue weighted by Crippen LogP contribution is -2.36. The average Bonchev–Trinajstić information content (AvgIpc) is 2.70. The van der Waals surface area contributed by atoms with Crippen LogP contribution in [0.1, 0.15) is 58.3 Å². The SMILES string of the molecule is CC/C=C\C/C=C\C/C=C\C/C=C\C/C=C\CCC[C@H]1OC[C@@H](OP(C)(=O)O)CO1. The molecule has 0 spiro atoms. The first kappa shape index (κ1) is 26.8. The van der Waals surface area contributed by atoms with Crippen molar-refractivity contribution in [1.29, 1.82) is 0 Å². The molecule has 5 nitrogen and oxygen atoms in total. The Hall–Kier alpha value is -1.23. The van der Waals surface area contributed by atoms with Gasteiger partial charge in [-0.25, -0.2) is 0 Å². The Bertz CT molecular complexity index is 607. The van der Waals surface area contributed by atoms with E-state index < -0.39 is 13.7 Å². The minimum absolute atomic E-state index is 0.248. The molecule has 1 N–H and O–H groups in total. The van der Waals surface area contributed by atoms with Crippen LogP contribution in [0.25, 0.3) is 0 Å². The summed E-state index contributed by atoms with van der Waals surface area (Å²) >= 11 is 0. The van der Waals surface area contributed by atoms with Crippen LogP contribution in [-0.2, 0) is 18.6 Å². The predicted octanol–water partition coefficient (Wildman–Crippen LogP) is 6.48. The molecular formula is C24H39O5P. The molecule has 1 saturated heterocycles. The second-order valence-corrected chi connectivity index (χ2v) is 9.08. The van der Waals surface area contributed by atoms with E-state index in [4.69, 9.17) is 14.0 Å². The lowest BCUT2D eigenvalue weighted by atomic mass is 10.2. The monoisotopic (exact) mass is 438 g/mol. The predicted molar refractivity (Wildman–Crippen MR) is 125 cm³/mol. The number of ether oxygens (including phenoxy) is 2. The van der Waals surface area contributed by atoms with Crippen LogP contribution in [-0.4, -0.2) is 37.2 Å². The summed E-state index contributed by atoms with van der Waals surface area (Å²) in [7, 11) is -3.49. The summed E-state index contributed by atoms with van der Waals surface area (Å²) in [4.78, 5) is 9.20. The molecule has 30 heavy (non-hydrogen) atoms. The van der Waals surface area contributed by atoms with Gasteiger partial charge in [0.1, 0.15) is 6.10 Å². The molecule has 1 heterocycles. The fraction of sp³-hybridized carbons (Fsp3) is 0.583. The summed E-state index contributed by atoms with van der Waals surface area (Å²) < 4.78 is 27.3. The second-order valence-electron chi connectivity index (χ2n) is 7.27. The van der Waals surface area contributed by atoms with Crippen LogP contribution in [0.3, 0.4) is 0 Å². The fourth-order valence-electron chi connectivity index (χ4n) is 2.80. The van der Waals surface area contributed by atoms with E-state index in [-0.39, 0.29) is 6.29 Å². The van der Waals surface area contributed by atoms with E-state index in [1.165, 1.54) is 6.66 Å². The van der Waals surface area contributed by atoms with Gasteiger partial charge in [-0.15, -0.1) is 0 Å². The lowest BCUT2D eigenvalue weighted by Gasteiger charge is -2.29. The molecule has 0 aromatic carbocycles. The molecule has 1 fully saturated rings. The highest BCUT2D eigenvalue weighted by Gasteiger charge is 2.26. The summed E-state index contributed by atoms with van der Waals surface area (Å²) in [5, 5.41) is 0. The third-order valence-electron chi connectivity index (χ3n) is 4.25. The summed E-state index contributed by atoms with van der Waals surface area (Å²) in [5.74, 6) is 0. The van der Waals surface area contributed by atoms with Gasteiger partial charge < -0.3 is 18.9 Å². The summed E-state index contributed by atoms with van der Waals surface area (Å²) in [5.41, 5.74) is 0. The van der Waals surface area contributed by atoms with Crippen molar-refractivity contribution in [1.82, 2.24) is 0 Å². The van der Waals surface area contributed by atoms with Crippen molar-refractivity contribution < 1.29 is 23.5 Å². The van der Waals surface area contributed by atoms with Gasteiger partial charge in [-0.2, -0.15) is 0 Å². The summed E-state index contributed by atoms with van der Waals surface area (Å²) in [6.45, 7) is 3.91. The topological polar surface area (TPSA) is 65.0 Å². The zero-order chi connectivity index (χ0) is 21.9. The van der Waals surface area contributed by atoms with Crippen molar-refractivity contribution >= 4 is 7.60 Å². The van der Waals surface area contributed by atoms with Crippen molar-refractivity contribution in [2.75, 3.05) is 19.9 Å². The van der Waals surface area contributed by atoms with Gasteiger partial charge in [0.05, 0.1) is 13.2 Å². The number of rotatable bonds is 15. The van der Waals surface area contributed by atoms with Crippen LogP contribution < -0.4 is 0 Å². The van der Waals surface area contributed by atoms with Gasteiger partial charge in [0.25, 0.3) is 0 Å². The van der Waals surface area contributed by atoms with Gasteiger partial charge in [-0.05, 0) is 51.4 Å². The molecule has 1 unspecified atom stereocenters. The molecule has 0 aromatic rings. The lowest BCUT2D eigenvalue weighted by molar-refractivity contribution is -0.214. The minimum atomic E-state index is -3.49. The quantitative estimate of drug-likeness (QED) is 0.180. The zero-order valence-electron chi connectivity index (χ0n) is 18.5. The number of hydrogen-bond acceptors (Lipinski definition) is 4. The highest BCUT2D eigenvalue weighted by molar-refractivity contribution is 7.51. The van der Waals surface area contributed by atoms with Crippen LogP contribution in [0.2, 0.25) is 0 Å².